The van der Waals surface area contributed by atoms with Gasteiger partial charge in [-0.25, -0.2) is 9.89 Å². The molecule has 0 atom stereocenters. The molecule has 6 nitrogen and oxygen atoms in total. The normalized spacial score (nSPS) is 10.7. The van der Waals surface area contributed by atoms with Gasteiger partial charge in [-0.3, -0.25) is 9.59 Å². The predicted molar refractivity (Wildman–Crippen MR) is 109 cm³/mol. The van der Waals surface area contributed by atoms with E-state index in [0.29, 0.717) is 26.9 Å². The molecule has 1 heterocycles. The number of carbonyl (C=O) groups is 2. The first-order valence-corrected chi connectivity index (χ1v) is 9.00. The van der Waals surface area contributed by atoms with Crippen LogP contribution < -0.4 is 10.3 Å². The molecule has 3 aromatic carbocycles. The largest absolute Gasteiger partial charge is 0.422 e. The number of benzene rings is 3. The van der Waals surface area contributed by atoms with Crippen molar-refractivity contribution in [3.63, 3.8) is 0 Å². The summed E-state index contributed by atoms with van der Waals surface area (Å²) in [5, 5.41) is 7.41. The van der Waals surface area contributed by atoms with E-state index in [9.17, 15) is 14.4 Å². The van der Waals surface area contributed by atoms with Crippen LogP contribution in [0.4, 0.5) is 0 Å². The molecule has 0 aliphatic rings. The molecule has 0 aliphatic heterocycles. The maximum atomic E-state index is 12.5. The Bertz CT molecular complexity index is 1280. The first-order valence-electron chi connectivity index (χ1n) is 8.63. The van der Waals surface area contributed by atoms with Crippen LogP contribution in [0.25, 0.3) is 10.8 Å². The monoisotopic (exact) mass is 404 g/mol. The van der Waals surface area contributed by atoms with Gasteiger partial charge >= 0.3 is 5.97 Å². The Morgan fingerprint density at radius 3 is 2.07 bits per heavy atom. The second kappa shape index (κ2) is 7.69. The van der Waals surface area contributed by atoms with E-state index in [4.69, 9.17) is 16.3 Å². The van der Waals surface area contributed by atoms with Crippen molar-refractivity contribution in [3.8, 4) is 5.75 Å². The number of rotatable bonds is 4. The van der Waals surface area contributed by atoms with Gasteiger partial charge in [-0.1, -0.05) is 29.8 Å². The van der Waals surface area contributed by atoms with E-state index >= 15 is 0 Å². The van der Waals surface area contributed by atoms with Gasteiger partial charge in [0.25, 0.3) is 5.56 Å². The number of halogens is 1. The highest BCUT2D eigenvalue weighted by Gasteiger charge is 2.17. The fourth-order valence-corrected chi connectivity index (χ4v) is 2.99. The molecule has 7 heteroatoms. The van der Waals surface area contributed by atoms with Crippen molar-refractivity contribution in [2.75, 3.05) is 0 Å². The van der Waals surface area contributed by atoms with Gasteiger partial charge in [0, 0.05) is 21.5 Å². The lowest BCUT2D eigenvalue weighted by Gasteiger charge is -2.07. The van der Waals surface area contributed by atoms with Crippen LogP contribution in [0.3, 0.4) is 0 Å². The van der Waals surface area contributed by atoms with E-state index in [1.165, 1.54) is 12.1 Å². The summed E-state index contributed by atoms with van der Waals surface area (Å²) in [4.78, 5) is 36.9. The first kappa shape index (κ1) is 18.6. The van der Waals surface area contributed by atoms with Gasteiger partial charge in [-0.05, 0) is 54.6 Å². The average molecular weight is 405 g/mol. The molecule has 29 heavy (non-hydrogen) atoms. The van der Waals surface area contributed by atoms with E-state index in [0.717, 1.165) is 0 Å². The predicted octanol–water partition coefficient (Wildman–Crippen LogP) is 4.03. The topological polar surface area (TPSA) is 89.1 Å². The summed E-state index contributed by atoms with van der Waals surface area (Å²) in [5.41, 5.74) is 0.562. The number of nitrogens with zero attached hydrogens (tertiary/aromatic N) is 1. The second-order valence-corrected chi connectivity index (χ2v) is 6.63. The number of carbonyl (C=O) groups excluding carboxylic acids is 2. The molecule has 0 bridgehead atoms. The average Bonchev–Trinajstić information content (AvgIpc) is 2.75. The van der Waals surface area contributed by atoms with Crippen molar-refractivity contribution in [2.45, 2.75) is 0 Å². The highest BCUT2D eigenvalue weighted by molar-refractivity contribution is 6.30. The number of ketones is 1. The quantitative estimate of drug-likeness (QED) is 0.315. The molecule has 0 unspecified atom stereocenters. The van der Waals surface area contributed by atoms with E-state index < -0.39 is 5.97 Å². The Hall–Kier alpha value is -3.77. The minimum absolute atomic E-state index is 0.00140. The molecule has 0 amide bonds. The smallest absolute Gasteiger partial charge is 0.364 e. The summed E-state index contributed by atoms with van der Waals surface area (Å²) in [6.45, 7) is 0. The molecular formula is C22H13ClN2O4. The third-order valence-corrected chi connectivity index (χ3v) is 4.57. The number of nitrogens with one attached hydrogen (secondary N) is 1. The summed E-state index contributed by atoms with van der Waals surface area (Å²) in [6, 6.07) is 19.4. The van der Waals surface area contributed by atoms with Crippen LogP contribution in [0.5, 0.6) is 5.75 Å². The molecule has 4 aromatic rings. The van der Waals surface area contributed by atoms with E-state index in [2.05, 4.69) is 10.2 Å². The van der Waals surface area contributed by atoms with Gasteiger partial charge in [0.2, 0.25) is 0 Å². The van der Waals surface area contributed by atoms with Gasteiger partial charge < -0.3 is 4.74 Å². The van der Waals surface area contributed by atoms with Crippen molar-refractivity contribution in [1.82, 2.24) is 10.2 Å². The minimum Gasteiger partial charge on any atom is -0.422 e. The van der Waals surface area contributed by atoms with Gasteiger partial charge in [0.05, 0.1) is 5.39 Å². The lowest BCUT2D eigenvalue weighted by Crippen LogP contribution is -2.17. The Morgan fingerprint density at radius 2 is 1.41 bits per heavy atom. The van der Waals surface area contributed by atoms with Crippen LogP contribution in [0.2, 0.25) is 5.02 Å². The summed E-state index contributed by atoms with van der Waals surface area (Å²) >= 11 is 5.84. The number of esters is 1. The molecule has 0 aliphatic carbocycles. The van der Waals surface area contributed by atoms with Crippen molar-refractivity contribution in [1.29, 1.82) is 0 Å². The van der Waals surface area contributed by atoms with Crippen LogP contribution in [0, 0.1) is 0 Å². The highest BCUT2D eigenvalue weighted by atomic mass is 35.5. The van der Waals surface area contributed by atoms with Crippen molar-refractivity contribution < 1.29 is 14.3 Å². The fourth-order valence-electron chi connectivity index (χ4n) is 2.87. The number of hydrogen-bond acceptors (Lipinski definition) is 5. The standard InChI is InChI=1S/C22H13ClN2O4/c23-15-9-5-13(6-10-15)20(26)14-7-11-16(12-8-14)29-22(28)19-17-3-1-2-4-18(17)21(27)25-24-19/h1-12H,(H,25,27). The Morgan fingerprint density at radius 1 is 0.828 bits per heavy atom. The van der Waals surface area contributed by atoms with Crippen LogP contribution in [0.1, 0.15) is 26.4 Å². The molecule has 142 valence electrons. The zero-order valence-electron chi connectivity index (χ0n) is 14.9. The van der Waals surface area contributed by atoms with Crippen molar-refractivity contribution in [3.05, 3.63) is 105 Å². The number of ether oxygens (including phenoxy) is 1. The molecule has 4 rings (SSSR count). The van der Waals surface area contributed by atoms with Crippen LogP contribution in [0.15, 0.2) is 77.6 Å². The van der Waals surface area contributed by atoms with Gasteiger partial charge in [-0.2, -0.15) is 5.10 Å². The van der Waals surface area contributed by atoms with Crippen LogP contribution in [-0.4, -0.2) is 21.9 Å². The summed E-state index contributed by atoms with van der Waals surface area (Å²) in [5.74, 6) is -0.637. The molecule has 1 N–H and O–H groups in total. The fraction of sp³-hybridized carbons (Fsp3) is 0. The van der Waals surface area contributed by atoms with E-state index in [1.807, 2.05) is 0 Å². The summed E-state index contributed by atoms with van der Waals surface area (Å²) < 4.78 is 5.35. The van der Waals surface area contributed by atoms with Crippen molar-refractivity contribution in [2.24, 2.45) is 0 Å². The Kier molecular flexibility index (Phi) is 4.93. The SMILES string of the molecule is O=C(c1ccc(Cl)cc1)c1ccc(OC(=O)c2n[nH]c(=O)c3ccccc23)cc1. The van der Waals surface area contributed by atoms with E-state index in [1.54, 1.807) is 60.7 Å². The third kappa shape index (κ3) is 3.79. The number of H-pyrrole nitrogens is 1. The molecule has 0 saturated heterocycles. The number of aromatic amines is 1. The molecule has 0 saturated carbocycles. The maximum absolute atomic E-state index is 12.5. The zero-order valence-corrected chi connectivity index (χ0v) is 15.6. The second-order valence-electron chi connectivity index (χ2n) is 6.20. The molecule has 0 radical (unpaired) electrons. The first-order chi connectivity index (χ1) is 14.0. The lowest BCUT2D eigenvalue weighted by atomic mass is 10.0. The molecule has 0 fully saturated rings. The minimum atomic E-state index is -0.714. The number of aromatic nitrogens is 2. The summed E-state index contributed by atoms with van der Waals surface area (Å²) in [7, 11) is 0. The molecule has 0 spiro atoms. The number of fused-ring (bicyclic) bond motifs is 1. The van der Waals surface area contributed by atoms with Crippen LogP contribution >= 0.6 is 11.6 Å². The van der Waals surface area contributed by atoms with E-state index in [-0.39, 0.29) is 22.8 Å². The van der Waals surface area contributed by atoms with Gasteiger partial charge in [0.1, 0.15) is 5.75 Å². The maximum Gasteiger partial charge on any atom is 0.364 e. The van der Waals surface area contributed by atoms with Gasteiger partial charge in [0.15, 0.2) is 11.5 Å². The zero-order chi connectivity index (χ0) is 20.4. The highest BCUT2D eigenvalue weighted by Crippen LogP contribution is 2.19. The van der Waals surface area contributed by atoms with Crippen LogP contribution in [-0.2, 0) is 0 Å². The van der Waals surface area contributed by atoms with Crippen molar-refractivity contribution >= 4 is 34.1 Å². The third-order valence-electron chi connectivity index (χ3n) is 4.32. The van der Waals surface area contributed by atoms with Gasteiger partial charge in [-0.15, -0.1) is 0 Å². The Balaban J connectivity index is 1.56. The lowest BCUT2D eigenvalue weighted by molar-refractivity contribution is 0.0729. The molecule has 1 aromatic heterocycles. The summed E-state index contributed by atoms with van der Waals surface area (Å²) in [6.07, 6.45) is 0. The number of hydrogen-bond donors (Lipinski definition) is 1. The Labute approximate surface area is 169 Å². The molecular weight excluding hydrogens is 392 g/mol.